The molecular formula is C10H11N3O. The van der Waals surface area contributed by atoms with Gasteiger partial charge in [0.15, 0.2) is 0 Å². The maximum Gasteiger partial charge on any atom is 0.0992 e. The molecule has 2 rings (SSSR count). The van der Waals surface area contributed by atoms with Crippen LogP contribution in [0.15, 0.2) is 18.3 Å². The molecule has 0 radical (unpaired) electrons. The Hall–Kier alpha value is -1.44. The first kappa shape index (κ1) is 9.13. The zero-order valence-corrected chi connectivity index (χ0v) is 7.73. The summed E-state index contributed by atoms with van der Waals surface area (Å²) in [5.74, 6) is 0. The summed E-state index contributed by atoms with van der Waals surface area (Å²) in [6.45, 7) is 2.32. The van der Waals surface area contributed by atoms with Crippen molar-refractivity contribution in [3.63, 3.8) is 0 Å². The normalized spacial score (nSPS) is 15.9. The summed E-state index contributed by atoms with van der Waals surface area (Å²) in [6, 6.07) is 5.52. The fraction of sp³-hybridized carbons (Fsp3) is 0.400. The van der Waals surface area contributed by atoms with E-state index in [0.717, 1.165) is 18.8 Å². The quantitative estimate of drug-likeness (QED) is 0.749. The van der Waals surface area contributed by atoms with Crippen molar-refractivity contribution in [1.29, 1.82) is 5.26 Å². The highest BCUT2D eigenvalue weighted by atomic mass is 16.5. The Labute approximate surface area is 82.5 Å². The van der Waals surface area contributed by atoms with E-state index >= 15 is 0 Å². The second-order valence-corrected chi connectivity index (χ2v) is 3.24. The smallest absolute Gasteiger partial charge is 0.0992 e. The highest BCUT2D eigenvalue weighted by Crippen LogP contribution is 2.05. The first-order chi connectivity index (χ1) is 6.88. The summed E-state index contributed by atoms with van der Waals surface area (Å²) in [6.07, 6.45) is 1.94. The van der Waals surface area contributed by atoms with E-state index in [9.17, 15) is 0 Å². The van der Waals surface area contributed by atoms with Crippen molar-refractivity contribution >= 4 is 0 Å². The summed E-state index contributed by atoms with van der Waals surface area (Å²) in [5, 5.41) is 11.8. The fourth-order valence-corrected chi connectivity index (χ4v) is 1.21. The van der Waals surface area contributed by atoms with Crippen molar-refractivity contribution < 1.29 is 4.74 Å². The number of aromatic nitrogens is 1. The van der Waals surface area contributed by atoms with E-state index in [4.69, 9.17) is 10.00 Å². The second kappa shape index (κ2) is 4.18. The van der Waals surface area contributed by atoms with E-state index in [1.807, 2.05) is 0 Å². The van der Waals surface area contributed by atoms with Gasteiger partial charge in [0, 0.05) is 19.3 Å². The van der Waals surface area contributed by atoms with E-state index in [1.165, 1.54) is 0 Å². The molecule has 72 valence electrons. The number of nitrogens with one attached hydrogen (secondary N) is 1. The molecule has 0 spiro atoms. The molecule has 1 N–H and O–H groups in total. The summed E-state index contributed by atoms with van der Waals surface area (Å²) in [4.78, 5) is 4.12. The van der Waals surface area contributed by atoms with Gasteiger partial charge >= 0.3 is 0 Å². The Kier molecular flexibility index (Phi) is 2.73. The van der Waals surface area contributed by atoms with Gasteiger partial charge in [0.2, 0.25) is 0 Å². The van der Waals surface area contributed by atoms with E-state index in [1.54, 1.807) is 18.3 Å². The van der Waals surface area contributed by atoms with Gasteiger partial charge in [-0.1, -0.05) is 0 Å². The Bertz CT molecular complexity index is 355. The van der Waals surface area contributed by atoms with Gasteiger partial charge in [-0.05, 0) is 12.1 Å². The molecule has 1 saturated heterocycles. The number of nitriles is 1. The minimum atomic E-state index is 0.308. The van der Waals surface area contributed by atoms with Gasteiger partial charge in [0.1, 0.15) is 0 Å². The van der Waals surface area contributed by atoms with Gasteiger partial charge < -0.3 is 10.1 Å². The first-order valence-electron chi connectivity index (χ1n) is 4.56. The van der Waals surface area contributed by atoms with Crippen LogP contribution in [-0.4, -0.2) is 24.2 Å². The number of ether oxygens (including phenoxy) is 1. The summed E-state index contributed by atoms with van der Waals surface area (Å²) in [5.41, 5.74) is 1.45. The Balaban J connectivity index is 1.91. The molecule has 0 aliphatic carbocycles. The zero-order valence-electron chi connectivity index (χ0n) is 7.73. The molecule has 1 aliphatic rings. The molecule has 4 nitrogen and oxygen atoms in total. The van der Waals surface area contributed by atoms with Crippen LogP contribution in [-0.2, 0) is 11.3 Å². The third-order valence-corrected chi connectivity index (χ3v) is 2.16. The Morgan fingerprint density at radius 2 is 2.50 bits per heavy atom. The minimum absolute atomic E-state index is 0.308. The summed E-state index contributed by atoms with van der Waals surface area (Å²) >= 11 is 0. The third-order valence-electron chi connectivity index (χ3n) is 2.16. The van der Waals surface area contributed by atoms with Gasteiger partial charge in [-0.3, -0.25) is 4.98 Å². The number of nitrogens with zero attached hydrogens (tertiary/aromatic N) is 2. The number of hydrogen-bond donors (Lipinski definition) is 1. The highest BCUT2D eigenvalue weighted by molar-refractivity contribution is 5.28. The first-order valence-corrected chi connectivity index (χ1v) is 4.56. The van der Waals surface area contributed by atoms with E-state index in [2.05, 4.69) is 16.4 Å². The van der Waals surface area contributed by atoms with Crippen molar-refractivity contribution in [2.75, 3.05) is 13.1 Å². The number of rotatable bonds is 3. The minimum Gasteiger partial charge on any atom is -0.369 e. The van der Waals surface area contributed by atoms with Crippen LogP contribution in [0.2, 0.25) is 0 Å². The van der Waals surface area contributed by atoms with Crippen LogP contribution >= 0.6 is 0 Å². The molecule has 0 saturated carbocycles. The maximum absolute atomic E-state index is 8.67. The average molecular weight is 189 g/mol. The Morgan fingerprint density at radius 1 is 1.64 bits per heavy atom. The topological polar surface area (TPSA) is 57.9 Å². The summed E-state index contributed by atoms with van der Waals surface area (Å²) < 4.78 is 5.53. The van der Waals surface area contributed by atoms with E-state index in [-0.39, 0.29) is 0 Å². The van der Waals surface area contributed by atoms with Gasteiger partial charge in [-0.25, -0.2) is 0 Å². The molecule has 1 aliphatic heterocycles. The molecule has 1 fully saturated rings. The van der Waals surface area contributed by atoms with Crippen LogP contribution in [0.3, 0.4) is 0 Å². The van der Waals surface area contributed by atoms with Crippen LogP contribution in [0.4, 0.5) is 0 Å². The molecule has 0 unspecified atom stereocenters. The lowest BCUT2D eigenvalue weighted by Crippen LogP contribution is -2.48. The average Bonchev–Trinajstić information content (AvgIpc) is 2.16. The maximum atomic E-state index is 8.67. The predicted octanol–water partition coefficient (Wildman–Crippen LogP) is 0.442. The molecule has 1 aromatic rings. The van der Waals surface area contributed by atoms with Crippen molar-refractivity contribution in [2.24, 2.45) is 0 Å². The van der Waals surface area contributed by atoms with Gasteiger partial charge in [-0.2, -0.15) is 5.26 Å². The van der Waals surface area contributed by atoms with Crippen LogP contribution < -0.4 is 5.32 Å². The third kappa shape index (κ3) is 2.08. The number of hydrogen-bond acceptors (Lipinski definition) is 4. The monoisotopic (exact) mass is 189 g/mol. The van der Waals surface area contributed by atoms with Crippen LogP contribution in [0.1, 0.15) is 11.3 Å². The largest absolute Gasteiger partial charge is 0.369 e. The molecule has 0 atom stereocenters. The lowest BCUT2D eigenvalue weighted by atomic mass is 10.2. The predicted molar refractivity (Wildman–Crippen MR) is 50.4 cm³/mol. The van der Waals surface area contributed by atoms with Gasteiger partial charge in [0.05, 0.1) is 30.0 Å². The SMILES string of the molecule is N#Cc1ccnc(COC2CNC2)c1. The van der Waals surface area contributed by atoms with Crippen molar-refractivity contribution in [1.82, 2.24) is 10.3 Å². The Morgan fingerprint density at radius 3 is 3.14 bits per heavy atom. The van der Waals surface area contributed by atoms with Crippen molar-refractivity contribution in [3.8, 4) is 6.07 Å². The number of pyridine rings is 1. The molecule has 2 heterocycles. The molecule has 0 aromatic carbocycles. The highest BCUT2D eigenvalue weighted by Gasteiger charge is 2.16. The summed E-state index contributed by atoms with van der Waals surface area (Å²) in [7, 11) is 0. The van der Waals surface area contributed by atoms with Crippen LogP contribution in [0.25, 0.3) is 0 Å². The fourth-order valence-electron chi connectivity index (χ4n) is 1.21. The van der Waals surface area contributed by atoms with Crippen molar-refractivity contribution in [2.45, 2.75) is 12.7 Å². The molecule has 0 amide bonds. The van der Waals surface area contributed by atoms with Crippen LogP contribution in [0, 0.1) is 11.3 Å². The lowest BCUT2D eigenvalue weighted by molar-refractivity contribution is 0.00605. The lowest BCUT2D eigenvalue weighted by Gasteiger charge is -2.26. The standard InChI is InChI=1S/C10H11N3O/c11-4-8-1-2-13-9(3-8)7-14-10-5-12-6-10/h1-3,10,12H,5-7H2. The zero-order chi connectivity index (χ0) is 9.80. The molecule has 14 heavy (non-hydrogen) atoms. The van der Waals surface area contributed by atoms with E-state index < -0.39 is 0 Å². The molecule has 0 bridgehead atoms. The molecule has 1 aromatic heterocycles. The molecular weight excluding hydrogens is 178 g/mol. The van der Waals surface area contributed by atoms with Crippen molar-refractivity contribution in [3.05, 3.63) is 29.6 Å². The van der Waals surface area contributed by atoms with Gasteiger partial charge in [0.25, 0.3) is 0 Å². The second-order valence-electron chi connectivity index (χ2n) is 3.24. The van der Waals surface area contributed by atoms with Gasteiger partial charge in [-0.15, -0.1) is 0 Å². The van der Waals surface area contributed by atoms with E-state index in [0.29, 0.717) is 18.3 Å². The molecule has 4 heteroatoms. The van der Waals surface area contributed by atoms with Crippen LogP contribution in [0.5, 0.6) is 0 Å².